The Morgan fingerprint density at radius 3 is 2.33 bits per heavy atom. The molecule has 272 valence electrons. The van der Waals surface area contributed by atoms with Crippen molar-refractivity contribution >= 4 is 50.6 Å². The Morgan fingerprint density at radius 1 is 0.764 bits per heavy atom. The standard InChI is InChI=1S/C51H47N3S/c1-32-11-9-17-39(25-32)46(52)30-48(40-22-24-42-43-27-36-14-7-8-15-37(36)28-45(43)51(2,3)44(42)29-40)53-31-33-19-23-41-38(26-33)21-20-34-16-10-18-47(49(34)41)54-50(55)35-12-5-4-6-13-35/h4-24,26-30,32,48,50,53-55H,25,31,52H2,1-3H3/b46-30-. The van der Waals surface area contributed by atoms with Gasteiger partial charge in [-0.3, -0.25) is 0 Å². The van der Waals surface area contributed by atoms with Crippen molar-refractivity contribution in [2.75, 3.05) is 5.32 Å². The maximum Gasteiger partial charge on any atom is 0.0951 e. The van der Waals surface area contributed by atoms with Crippen LogP contribution in [0.15, 0.2) is 169 Å². The molecule has 4 heteroatoms. The minimum absolute atomic E-state index is 0.0839. The molecule has 55 heavy (non-hydrogen) atoms. The van der Waals surface area contributed by atoms with Crippen LogP contribution in [0, 0.1) is 5.92 Å². The highest BCUT2D eigenvalue weighted by Gasteiger charge is 2.36. The molecular weight excluding hydrogens is 687 g/mol. The zero-order chi connectivity index (χ0) is 37.7. The van der Waals surface area contributed by atoms with E-state index in [2.05, 4.69) is 183 Å². The van der Waals surface area contributed by atoms with Gasteiger partial charge in [0.25, 0.3) is 0 Å². The van der Waals surface area contributed by atoms with Crippen molar-refractivity contribution in [3.8, 4) is 11.1 Å². The summed E-state index contributed by atoms with van der Waals surface area (Å²) in [5, 5.41) is 14.9. The van der Waals surface area contributed by atoms with Crippen LogP contribution < -0.4 is 16.4 Å². The van der Waals surface area contributed by atoms with Gasteiger partial charge >= 0.3 is 0 Å². The third kappa shape index (κ3) is 6.64. The molecule has 2 aliphatic carbocycles. The van der Waals surface area contributed by atoms with Crippen LogP contribution in [0.25, 0.3) is 43.4 Å². The average Bonchev–Trinajstić information content (AvgIpc) is 3.43. The van der Waals surface area contributed by atoms with Crippen LogP contribution >= 0.6 is 12.6 Å². The largest absolute Gasteiger partial charge is 0.399 e. The summed E-state index contributed by atoms with van der Waals surface area (Å²) in [7, 11) is 0. The molecule has 3 unspecified atom stereocenters. The first-order valence-electron chi connectivity index (χ1n) is 19.4. The molecule has 9 rings (SSSR count). The van der Waals surface area contributed by atoms with Crippen molar-refractivity contribution in [2.45, 2.75) is 50.6 Å². The van der Waals surface area contributed by atoms with E-state index in [1.54, 1.807) is 0 Å². The number of benzene rings is 7. The van der Waals surface area contributed by atoms with Gasteiger partial charge in [0.2, 0.25) is 0 Å². The van der Waals surface area contributed by atoms with Crippen LogP contribution in [0.2, 0.25) is 0 Å². The second kappa shape index (κ2) is 14.3. The summed E-state index contributed by atoms with van der Waals surface area (Å²) < 4.78 is 0. The predicted octanol–water partition coefficient (Wildman–Crippen LogP) is 12.7. The lowest BCUT2D eigenvalue weighted by molar-refractivity contribution is 0.611. The molecule has 4 N–H and O–H groups in total. The maximum absolute atomic E-state index is 6.93. The SMILES string of the molecule is CC1C=CC=C(/C(N)=C/C(NCc2ccc3c(ccc4cccc(NC(S)c5ccccc5)c43)c2)c2ccc3c(c2)C(C)(C)c2cc4ccccc4cc2-3)C1. The van der Waals surface area contributed by atoms with Gasteiger partial charge < -0.3 is 16.4 Å². The van der Waals surface area contributed by atoms with Crippen molar-refractivity contribution < 1.29 is 0 Å². The fourth-order valence-corrected chi connectivity index (χ4v) is 9.05. The number of anilines is 1. The van der Waals surface area contributed by atoms with E-state index in [0.29, 0.717) is 12.5 Å². The van der Waals surface area contributed by atoms with E-state index >= 15 is 0 Å². The van der Waals surface area contributed by atoms with Gasteiger partial charge in [-0.15, -0.1) is 12.6 Å². The number of fused-ring (bicyclic) bond motifs is 7. The number of nitrogens with one attached hydrogen (secondary N) is 2. The number of hydrogen-bond donors (Lipinski definition) is 4. The molecule has 0 bridgehead atoms. The van der Waals surface area contributed by atoms with Crippen LogP contribution in [-0.2, 0) is 12.0 Å². The number of allylic oxidation sites excluding steroid dienone is 4. The van der Waals surface area contributed by atoms with Crippen molar-refractivity contribution in [1.29, 1.82) is 0 Å². The number of thiol groups is 1. The first-order valence-corrected chi connectivity index (χ1v) is 19.9. The van der Waals surface area contributed by atoms with E-state index in [1.807, 2.05) is 6.07 Å². The molecule has 0 saturated heterocycles. The fraction of sp³-hybridized carbons (Fsp3) is 0.176. The molecule has 0 amide bonds. The third-order valence-corrected chi connectivity index (χ3v) is 12.2. The zero-order valence-corrected chi connectivity index (χ0v) is 32.6. The third-order valence-electron chi connectivity index (χ3n) is 11.8. The summed E-state index contributed by atoms with van der Waals surface area (Å²) in [4.78, 5) is 0. The van der Waals surface area contributed by atoms with Crippen molar-refractivity contribution in [3.05, 3.63) is 197 Å². The topological polar surface area (TPSA) is 50.1 Å². The highest BCUT2D eigenvalue weighted by atomic mass is 32.1. The molecule has 7 aromatic rings. The van der Waals surface area contributed by atoms with Crippen molar-refractivity contribution in [3.63, 3.8) is 0 Å². The molecule has 2 aliphatic rings. The molecule has 7 aromatic carbocycles. The normalized spacial score (nSPS) is 17.2. The van der Waals surface area contributed by atoms with Gasteiger partial charge in [-0.2, -0.15) is 0 Å². The summed E-state index contributed by atoms with van der Waals surface area (Å²) in [5.74, 6) is 0.467. The highest BCUT2D eigenvalue weighted by Crippen LogP contribution is 2.50. The van der Waals surface area contributed by atoms with E-state index in [4.69, 9.17) is 18.4 Å². The number of hydrogen-bond acceptors (Lipinski definition) is 4. The smallest absolute Gasteiger partial charge is 0.0951 e. The molecule has 0 saturated carbocycles. The minimum Gasteiger partial charge on any atom is -0.399 e. The second-order valence-corrected chi connectivity index (χ2v) is 16.4. The molecule has 0 spiro atoms. The monoisotopic (exact) mass is 733 g/mol. The van der Waals surface area contributed by atoms with Gasteiger partial charge in [0.1, 0.15) is 0 Å². The zero-order valence-electron chi connectivity index (χ0n) is 31.7. The van der Waals surface area contributed by atoms with Crippen LogP contribution in [-0.4, -0.2) is 0 Å². The lowest BCUT2D eigenvalue weighted by Gasteiger charge is -2.24. The molecular formula is C51H47N3S. The Labute approximate surface area is 330 Å². The number of rotatable bonds is 9. The molecule has 3 nitrogen and oxygen atoms in total. The molecule has 0 radical (unpaired) electrons. The van der Waals surface area contributed by atoms with Crippen LogP contribution in [0.4, 0.5) is 5.69 Å². The molecule has 0 fully saturated rings. The van der Waals surface area contributed by atoms with E-state index in [9.17, 15) is 0 Å². The van der Waals surface area contributed by atoms with E-state index in [0.717, 1.165) is 23.4 Å². The Bertz CT molecular complexity index is 2690. The fourth-order valence-electron chi connectivity index (χ4n) is 8.74. The summed E-state index contributed by atoms with van der Waals surface area (Å²) in [6.07, 6.45) is 9.74. The second-order valence-electron chi connectivity index (χ2n) is 15.9. The Balaban J connectivity index is 1.05. The summed E-state index contributed by atoms with van der Waals surface area (Å²) in [6.45, 7) is 7.66. The van der Waals surface area contributed by atoms with E-state index < -0.39 is 0 Å². The molecule has 0 aliphatic heterocycles. The first kappa shape index (κ1) is 35.2. The quantitative estimate of drug-likeness (QED) is 0.0679. The van der Waals surface area contributed by atoms with Gasteiger partial charge in [-0.25, -0.2) is 0 Å². The summed E-state index contributed by atoms with van der Waals surface area (Å²) in [6, 6.07) is 48.6. The number of nitrogens with two attached hydrogens (primary N) is 1. The molecule has 3 atom stereocenters. The van der Waals surface area contributed by atoms with E-state index in [1.165, 1.54) is 71.3 Å². The van der Waals surface area contributed by atoms with Gasteiger partial charge in [0, 0.05) is 28.7 Å². The van der Waals surface area contributed by atoms with Gasteiger partial charge in [0.15, 0.2) is 0 Å². The lowest BCUT2D eigenvalue weighted by Crippen LogP contribution is -2.22. The average molecular weight is 734 g/mol. The van der Waals surface area contributed by atoms with Crippen LogP contribution in [0.1, 0.15) is 66.4 Å². The Kier molecular flexibility index (Phi) is 9.12. The first-order chi connectivity index (χ1) is 26.7. The predicted molar refractivity (Wildman–Crippen MR) is 238 cm³/mol. The maximum atomic E-state index is 6.93. The van der Waals surface area contributed by atoms with Crippen molar-refractivity contribution in [1.82, 2.24) is 5.32 Å². The lowest BCUT2D eigenvalue weighted by atomic mass is 9.81. The Hall–Kier alpha value is -5.55. The minimum atomic E-state index is -0.125. The van der Waals surface area contributed by atoms with Gasteiger partial charge in [0.05, 0.1) is 11.4 Å². The van der Waals surface area contributed by atoms with Gasteiger partial charge in [-0.1, -0.05) is 148 Å². The molecule has 0 aromatic heterocycles. The Morgan fingerprint density at radius 2 is 1.51 bits per heavy atom. The van der Waals surface area contributed by atoms with E-state index in [-0.39, 0.29) is 16.8 Å². The van der Waals surface area contributed by atoms with Crippen LogP contribution in [0.5, 0.6) is 0 Å². The van der Waals surface area contributed by atoms with Crippen LogP contribution in [0.3, 0.4) is 0 Å². The van der Waals surface area contributed by atoms with Crippen molar-refractivity contribution in [2.24, 2.45) is 11.7 Å². The highest BCUT2D eigenvalue weighted by molar-refractivity contribution is 7.80. The summed E-state index contributed by atoms with van der Waals surface area (Å²) >= 11 is 4.92. The van der Waals surface area contributed by atoms with Gasteiger partial charge in [-0.05, 0) is 114 Å². The molecule has 0 heterocycles. The summed E-state index contributed by atoms with van der Waals surface area (Å²) in [5.41, 5.74) is 18.9.